The molecule has 1 rings (SSSR count). The van der Waals surface area contributed by atoms with E-state index in [0.717, 1.165) is 6.29 Å². The molecule has 0 saturated heterocycles. The molecule has 1 aromatic carbocycles. The molecule has 0 saturated carbocycles. The summed E-state index contributed by atoms with van der Waals surface area (Å²) in [6.45, 7) is 3.71. The van der Waals surface area contributed by atoms with Gasteiger partial charge in [0.2, 0.25) is 0 Å². The number of hydrogen-bond donors (Lipinski definition) is 2. The highest BCUT2D eigenvalue weighted by Gasteiger charge is 1.85. The number of rotatable bonds is 1. The van der Waals surface area contributed by atoms with Gasteiger partial charge in [-0.15, -0.1) is 0 Å². The quantitative estimate of drug-likeness (QED) is 0.652. The minimum Gasteiger partial charge on any atom is -0.508 e. The Labute approximate surface area is 77.6 Å². The highest BCUT2D eigenvalue weighted by Crippen LogP contribution is 2.14. The van der Waals surface area contributed by atoms with E-state index in [1.807, 2.05) is 13.8 Å². The number of phenols is 2. The Hall–Kier alpha value is -1.51. The van der Waals surface area contributed by atoms with E-state index >= 15 is 0 Å². The molecule has 72 valence electrons. The Morgan fingerprint density at radius 1 is 1.23 bits per heavy atom. The summed E-state index contributed by atoms with van der Waals surface area (Å²) in [6, 6.07) is 5.85. The average Bonchev–Trinajstić information content (AvgIpc) is 2.05. The number of aldehydes is 1. The molecule has 0 fully saturated rings. The van der Waals surface area contributed by atoms with Crippen LogP contribution in [0.25, 0.3) is 0 Å². The molecule has 13 heavy (non-hydrogen) atoms. The van der Waals surface area contributed by atoms with Crippen molar-refractivity contribution >= 4 is 6.29 Å². The molecule has 0 bridgehead atoms. The summed E-state index contributed by atoms with van der Waals surface area (Å²) in [5.41, 5.74) is 0. The second kappa shape index (κ2) is 6.06. The fraction of sp³-hybridized carbons (Fsp3) is 0.300. The van der Waals surface area contributed by atoms with E-state index in [1.54, 1.807) is 6.07 Å². The normalized spacial score (nSPS) is 8.85. The summed E-state index contributed by atoms with van der Waals surface area (Å²) in [7, 11) is 0. The third-order valence-electron chi connectivity index (χ3n) is 1.10. The van der Waals surface area contributed by atoms with Gasteiger partial charge in [-0.05, 0) is 12.1 Å². The van der Waals surface area contributed by atoms with E-state index in [9.17, 15) is 4.79 Å². The van der Waals surface area contributed by atoms with Crippen molar-refractivity contribution in [2.75, 3.05) is 0 Å². The fourth-order valence-electron chi connectivity index (χ4n) is 0.493. The summed E-state index contributed by atoms with van der Waals surface area (Å²) in [5.74, 6) is 0.380. The fourth-order valence-corrected chi connectivity index (χ4v) is 0.493. The molecule has 0 aliphatic rings. The lowest BCUT2D eigenvalue weighted by Gasteiger charge is -1.89. The van der Waals surface area contributed by atoms with Crippen molar-refractivity contribution in [2.45, 2.75) is 13.8 Å². The van der Waals surface area contributed by atoms with Gasteiger partial charge in [-0.2, -0.15) is 0 Å². The maximum absolute atomic E-state index is 9.50. The van der Waals surface area contributed by atoms with E-state index in [4.69, 9.17) is 10.2 Å². The lowest BCUT2D eigenvalue weighted by Crippen LogP contribution is -1.82. The molecule has 3 nitrogen and oxygen atoms in total. The second-order valence-electron chi connectivity index (χ2n) is 2.90. The van der Waals surface area contributed by atoms with Crippen molar-refractivity contribution < 1.29 is 15.0 Å². The predicted molar refractivity (Wildman–Crippen MR) is 50.7 cm³/mol. The number of benzene rings is 1. The summed E-state index contributed by atoms with van der Waals surface area (Å²) in [4.78, 5) is 9.50. The van der Waals surface area contributed by atoms with Gasteiger partial charge >= 0.3 is 0 Å². The van der Waals surface area contributed by atoms with Gasteiger partial charge < -0.3 is 15.0 Å². The summed E-state index contributed by atoms with van der Waals surface area (Å²) >= 11 is 0. The molecule has 0 aromatic heterocycles. The lowest BCUT2D eigenvalue weighted by atomic mass is 10.3. The second-order valence-corrected chi connectivity index (χ2v) is 2.90. The lowest BCUT2D eigenvalue weighted by molar-refractivity contribution is -0.110. The van der Waals surface area contributed by atoms with Crippen molar-refractivity contribution in [3.05, 3.63) is 24.3 Å². The molecule has 0 atom stereocenters. The Bertz CT molecular complexity index is 239. The molecule has 0 aliphatic carbocycles. The number of carbonyl (C=O) groups is 1. The molecule has 0 heterocycles. The van der Waals surface area contributed by atoms with Crippen LogP contribution < -0.4 is 0 Å². The first-order valence-electron chi connectivity index (χ1n) is 3.99. The van der Waals surface area contributed by atoms with E-state index < -0.39 is 0 Å². The molecular weight excluding hydrogens is 168 g/mol. The van der Waals surface area contributed by atoms with Crippen LogP contribution in [-0.2, 0) is 4.79 Å². The highest BCUT2D eigenvalue weighted by atomic mass is 16.3. The van der Waals surface area contributed by atoms with Crippen LogP contribution in [0, 0.1) is 5.92 Å². The predicted octanol–water partition coefficient (Wildman–Crippen LogP) is 1.94. The molecule has 1 aromatic rings. The first kappa shape index (κ1) is 11.5. The van der Waals surface area contributed by atoms with Gasteiger partial charge in [-0.3, -0.25) is 0 Å². The van der Waals surface area contributed by atoms with E-state index in [0.29, 0.717) is 0 Å². The van der Waals surface area contributed by atoms with Crippen molar-refractivity contribution in [1.29, 1.82) is 0 Å². The van der Waals surface area contributed by atoms with Gasteiger partial charge in [-0.1, -0.05) is 19.9 Å². The van der Waals surface area contributed by atoms with E-state index in [-0.39, 0.29) is 17.4 Å². The van der Waals surface area contributed by atoms with Crippen molar-refractivity contribution in [3.8, 4) is 11.5 Å². The summed E-state index contributed by atoms with van der Waals surface area (Å²) in [5, 5.41) is 17.3. The molecule has 0 amide bonds. The van der Waals surface area contributed by atoms with Crippen LogP contribution in [0.15, 0.2) is 24.3 Å². The number of aromatic hydroxyl groups is 2. The zero-order chi connectivity index (χ0) is 10.3. The molecule has 0 unspecified atom stereocenters. The highest BCUT2D eigenvalue weighted by molar-refractivity contribution is 5.51. The maximum atomic E-state index is 9.50. The van der Waals surface area contributed by atoms with E-state index in [2.05, 4.69) is 0 Å². The number of hydrogen-bond acceptors (Lipinski definition) is 3. The Morgan fingerprint density at radius 3 is 1.77 bits per heavy atom. The molecule has 3 heteroatoms. The van der Waals surface area contributed by atoms with Gasteiger partial charge in [0.1, 0.15) is 17.8 Å². The average molecular weight is 182 g/mol. The van der Waals surface area contributed by atoms with Crippen LogP contribution in [0.5, 0.6) is 11.5 Å². The van der Waals surface area contributed by atoms with Gasteiger partial charge in [0.05, 0.1) is 0 Å². The molecular formula is C10H14O3. The molecule has 0 spiro atoms. The first-order valence-corrected chi connectivity index (χ1v) is 3.99. The summed E-state index contributed by atoms with van der Waals surface area (Å²) < 4.78 is 0. The van der Waals surface area contributed by atoms with Crippen LogP contribution in [0.2, 0.25) is 0 Å². The van der Waals surface area contributed by atoms with Gasteiger partial charge in [0, 0.05) is 12.0 Å². The largest absolute Gasteiger partial charge is 0.508 e. The maximum Gasteiger partial charge on any atom is 0.122 e. The SMILES string of the molecule is CC(C)C=O.Oc1cccc(O)c1. The van der Waals surface area contributed by atoms with Crippen molar-refractivity contribution in [2.24, 2.45) is 5.92 Å². The van der Waals surface area contributed by atoms with Crippen molar-refractivity contribution in [1.82, 2.24) is 0 Å². The third-order valence-corrected chi connectivity index (χ3v) is 1.10. The van der Waals surface area contributed by atoms with Crippen molar-refractivity contribution in [3.63, 3.8) is 0 Å². The zero-order valence-electron chi connectivity index (χ0n) is 7.77. The van der Waals surface area contributed by atoms with Crippen LogP contribution >= 0.6 is 0 Å². The topological polar surface area (TPSA) is 57.5 Å². The van der Waals surface area contributed by atoms with Gasteiger partial charge in [0.25, 0.3) is 0 Å². The van der Waals surface area contributed by atoms with Crippen LogP contribution in [0.3, 0.4) is 0 Å². The first-order chi connectivity index (χ1) is 6.06. The van der Waals surface area contributed by atoms with Crippen LogP contribution in [0.4, 0.5) is 0 Å². The standard InChI is InChI=1S/C6H6O2.C4H8O/c7-5-2-1-3-6(8)4-5;1-4(2)3-5/h1-4,7-8H;3-4H,1-2H3. The molecule has 2 N–H and O–H groups in total. The van der Waals surface area contributed by atoms with Gasteiger partial charge in [-0.25, -0.2) is 0 Å². The zero-order valence-corrected chi connectivity index (χ0v) is 7.77. The van der Waals surface area contributed by atoms with Crippen LogP contribution in [0.1, 0.15) is 13.8 Å². The minimum absolute atomic E-state index is 0.0880. The monoisotopic (exact) mass is 182 g/mol. The third kappa shape index (κ3) is 6.87. The molecule has 0 radical (unpaired) electrons. The Morgan fingerprint density at radius 2 is 1.62 bits per heavy atom. The summed E-state index contributed by atoms with van der Waals surface area (Å²) in [6.07, 6.45) is 0.917. The van der Waals surface area contributed by atoms with Gasteiger partial charge in [0.15, 0.2) is 0 Å². The molecule has 0 aliphatic heterocycles. The Balaban J connectivity index is 0.000000252. The smallest absolute Gasteiger partial charge is 0.122 e. The minimum atomic E-state index is 0.0880. The number of phenolic OH excluding ortho intramolecular Hbond substituents is 2. The number of carbonyl (C=O) groups excluding carboxylic acids is 1. The van der Waals surface area contributed by atoms with Crippen LogP contribution in [-0.4, -0.2) is 16.5 Å². The van der Waals surface area contributed by atoms with E-state index in [1.165, 1.54) is 18.2 Å². The Kier molecular flexibility index (Phi) is 5.35.